The van der Waals surface area contributed by atoms with Gasteiger partial charge >= 0.3 is 0 Å². The van der Waals surface area contributed by atoms with Crippen LogP contribution in [0.4, 0.5) is 24.8 Å². The average Bonchev–Trinajstić information content (AvgIpc) is 3.63. The lowest BCUT2D eigenvalue weighted by atomic mass is 9.84. The van der Waals surface area contributed by atoms with Gasteiger partial charge < -0.3 is 30.3 Å². The fourth-order valence-corrected chi connectivity index (χ4v) is 11.3. The van der Waals surface area contributed by atoms with Crippen LogP contribution in [-0.2, 0) is 13.0 Å². The molecule has 294 valence electrons. The summed E-state index contributed by atoms with van der Waals surface area (Å²) >= 11 is 0. The number of carbonyl (C=O) groups excluding carboxylic acids is 2. The lowest BCUT2D eigenvalue weighted by molar-refractivity contribution is -0.582. The summed E-state index contributed by atoms with van der Waals surface area (Å²) in [5.41, 5.74) is 8.10. The topological polar surface area (TPSA) is 153 Å². The van der Waals surface area contributed by atoms with Crippen molar-refractivity contribution in [2.24, 2.45) is 0 Å². The number of nitrogens with one attached hydrogen (secondary N) is 1. The van der Waals surface area contributed by atoms with Gasteiger partial charge in [0.05, 0.1) is 24.3 Å². The molecule has 3 aromatic carbocycles. The Labute approximate surface area is 332 Å². The molecule has 2 fully saturated rings. The number of nitrogens with zero attached hydrogens (tertiary/aromatic N) is 5. The number of hydrogen-bond donors (Lipinski definition) is 2. The van der Waals surface area contributed by atoms with Crippen LogP contribution in [0.25, 0.3) is 16.7 Å². The van der Waals surface area contributed by atoms with Crippen LogP contribution in [0, 0.1) is 17.5 Å². The number of benzene rings is 3. The van der Waals surface area contributed by atoms with Crippen molar-refractivity contribution in [1.29, 1.82) is 0 Å². The predicted molar refractivity (Wildman–Crippen MR) is 213 cm³/mol. The summed E-state index contributed by atoms with van der Waals surface area (Å²) in [7, 11) is -2.56. The number of nitrogen functional groups attached to an aromatic ring is 1. The maximum atomic E-state index is 17.2. The number of Topliss-reactive ketones (excluding diaryl/α,β-unsaturated/α-hetero) is 1. The van der Waals surface area contributed by atoms with E-state index in [9.17, 15) is 14.7 Å². The molecular weight excluding hydrogens is 764 g/mol. The Hall–Kier alpha value is -6.35. The number of hydrogen-bond acceptors (Lipinski definition) is 9. The predicted octanol–water partition coefficient (Wildman–Crippen LogP) is 4.94. The van der Waals surface area contributed by atoms with E-state index in [0.717, 1.165) is 66.4 Å². The quantitative estimate of drug-likeness (QED) is 0.0866. The van der Waals surface area contributed by atoms with Gasteiger partial charge in [-0.2, -0.15) is 9.97 Å². The number of imidazole rings is 1. The second-order valence-electron chi connectivity index (χ2n) is 15.5. The molecule has 9 rings (SSSR count). The Morgan fingerprint density at radius 1 is 0.966 bits per heavy atom. The lowest BCUT2D eigenvalue weighted by Crippen LogP contribution is -2.50. The zero-order valence-electron chi connectivity index (χ0n) is 31.8. The molecule has 0 atom stereocenters. The number of halogens is 3. The van der Waals surface area contributed by atoms with Crippen molar-refractivity contribution in [1.82, 2.24) is 19.9 Å². The molecule has 0 radical (unpaired) electrons. The highest BCUT2D eigenvalue weighted by atomic mass is 28.3. The number of aromatic nitrogens is 4. The number of ether oxygens (including phenoxy) is 1. The normalized spacial score (nSPS) is 16.8. The van der Waals surface area contributed by atoms with E-state index < -0.39 is 54.0 Å². The first kappa shape index (κ1) is 37.2. The monoisotopic (exact) mass is 801 g/mol. The number of fused-ring (bicyclic) bond motifs is 3. The van der Waals surface area contributed by atoms with Gasteiger partial charge in [0.25, 0.3) is 0 Å². The molecule has 0 amide bonds. The number of aromatic amines is 1. The Morgan fingerprint density at radius 3 is 2.40 bits per heavy atom. The molecule has 0 bridgehead atoms. The summed E-state index contributed by atoms with van der Waals surface area (Å²) in [4.78, 5) is 43.9. The smallest absolute Gasteiger partial charge is 0.245 e. The molecule has 3 aliphatic heterocycles. The van der Waals surface area contributed by atoms with E-state index >= 15 is 13.2 Å². The van der Waals surface area contributed by atoms with E-state index in [2.05, 4.69) is 54.6 Å². The van der Waals surface area contributed by atoms with Crippen LogP contribution in [0.3, 0.4) is 0 Å². The fraction of sp³-hybridized carbons (Fsp3) is 0.256. The average molecular weight is 802 g/mol. The number of H-pyrrole nitrogens is 1. The SMILES string of the molecule is C[Si]1(C)C2=CC(=[N+]3CCC3)C=CC2=C(c2c(F)c(C(=O)CCc3ccc(COc4nc(N)nc5nc[nH]c45)cc3)c(F)c(F)c2C(=O)[O-])c2ccc(N3CCC3)cc21. The van der Waals surface area contributed by atoms with Gasteiger partial charge in [-0.05, 0) is 69.3 Å². The summed E-state index contributed by atoms with van der Waals surface area (Å²) in [6, 6.07) is 12.8. The third-order valence-corrected chi connectivity index (χ3v) is 15.2. The summed E-state index contributed by atoms with van der Waals surface area (Å²) in [5.74, 6) is -7.99. The van der Waals surface area contributed by atoms with Gasteiger partial charge in [-0.1, -0.05) is 43.4 Å². The minimum absolute atomic E-state index is 0.00803. The van der Waals surface area contributed by atoms with Crippen LogP contribution in [0.5, 0.6) is 5.88 Å². The van der Waals surface area contributed by atoms with Gasteiger partial charge in [0, 0.05) is 48.5 Å². The van der Waals surface area contributed by atoms with E-state index in [4.69, 9.17) is 10.5 Å². The molecule has 2 saturated heterocycles. The number of anilines is 2. The molecule has 11 nitrogen and oxygen atoms in total. The Morgan fingerprint density at radius 2 is 1.71 bits per heavy atom. The lowest BCUT2D eigenvalue weighted by Gasteiger charge is -2.40. The zero-order valence-corrected chi connectivity index (χ0v) is 32.8. The number of aromatic carboxylic acids is 1. The van der Waals surface area contributed by atoms with Crippen LogP contribution in [0.15, 0.2) is 77.8 Å². The van der Waals surface area contributed by atoms with Crippen molar-refractivity contribution >= 4 is 59.1 Å². The first-order valence-corrected chi connectivity index (χ1v) is 22.2. The molecule has 3 N–H and O–H groups in total. The molecule has 5 heterocycles. The molecule has 5 aromatic rings. The molecule has 2 aromatic heterocycles. The summed E-state index contributed by atoms with van der Waals surface area (Å²) in [5, 5.41) is 14.5. The van der Waals surface area contributed by atoms with Crippen molar-refractivity contribution in [2.45, 2.75) is 45.4 Å². The van der Waals surface area contributed by atoms with Gasteiger partial charge in [-0.3, -0.25) is 4.79 Å². The van der Waals surface area contributed by atoms with Crippen LogP contribution in [0.2, 0.25) is 13.1 Å². The van der Waals surface area contributed by atoms with Crippen LogP contribution < -0.4 is 25.7 Å². The highest BCUT2D eigenvalue weighted by Gasteiger charge is 2.43. The van der Waals surface area contributed by atoms with Crippen molar-refractivity contribution in [3.63, 3.8) is 0 Å². The fourth-order valence-electron chi connectivity index (χ4n) is 8.23. The van der Waals surface area contributed by atoms with E-state index in [1.54, 1.807) is 24.3 Å². The van der Waals surface area contributed by atoms with Crippen molar-refractivity contribution in [2.75, 3.05) is 36.8 Å². The zero-order chi connectivity index (χ0) is 40.5. The van der Waals surface area contributed by atoms with Crippen LogP contribution >= 0.6 is 0 Å². The summed E-state index contributed by atoms with van der Waals surface area (Å²) in [6.07, 6.45) is 9.03. The minimum atomic E-state index is -2.56. The standard InChI is InChI=1S/C43H38F3N7O4Si/c1-58(2)30-19-25(52-15-3-16-52)10-12-27(30)32(28-13-11-26(20-31(28)58)53-17-4-18-53)34-35(42(55)56)38(46)37(45)33(36(34)44)29(54)14-9-23-5-7-24(8-6-23)21-57-41-39-40(49-22-48-39)50-43(47)51-41/h5-8,10-13,19-20,22H,3-4,9,14-18,21H2,1-2H3,(H3-,47,48,49,50,51,55,56). The number of carbonyl (C=O) groups is 2. The molecule has 0 spiro atoms. The van der Waals surface area contributed by atoms with Crippen molar-refractivity contribution in [3.8, 4) is 5.88 Å². The summed E-state index contributed by atoms with van der Waals surface area (Å²) < 4.78 is 57.3. The second kappa shape index (κ2) is 14.2. The molecule has 15 heteroatoms. The van der Waals surface area contributed by atoms with E-state index in [0.29, 0.717) is 27.9 Å². The second-order valence-corrected chi connectivity index (χ2v) is 19.8. The largest absolute Gasteiger partial charge is 0.545 e. The third kappa shape index (κ3) is 6.20. The maximum absolute atomic E-state index is 17.2. The molecular formula is C43H38F3N7O4Si. The van der Waals surface area contributed by atoms with Gasteiger partial charge in [0.1, 0.15) is 39.1 Å². The highest BCUT2D eigenvalue weighted by Crippen LogP contribution is 2.45. The molecule has 0 saturated carbocycles. The van der Waals surface area contributed by atoms with E-state index in [-0.39, 0.29) is 36.8 Å². The Balaban J connectivity index is 1.07. The van der Waals surface area contributed by atoms with Crippen LogP contribution in [0.1, 0.15) is 62.2 Å². The Kier molecular flexibility index (Phi) is 9.14. The molecule has 58 heavy (non-hydrogen) atoms. The number of carboxylic acid groups (broad SMARTS) is 1. The first-order valence-electron chi connectivity index (χ1n) is 19.2. The van der Waals surface area contributed by atoms with E-state index in [1.165, 1.54) is 6.33 Å². The number of ketones is 1. The number of carboxylic acids is 1. The number of nitrogens with two attached hydrogens (primary N) is 1. The number of rotatable bonds is 10. The van der Waals surface area contributed by atoms with Gasteiger partial charge in [-0.15, -0.1) is 0 Å². The molecule has 1 aliphatic carbocycles. The van der Waals surface area contributed by atoms with Gasteiger partial charge in [0.15, 0.2) is 28.8 Å². The highest BCUT2D eigenvalue weighted by molar-refractivity contribution is 6.98. The third-order valence-electron chi connectivity index (χ3n) is 11.7. The maximum Gasteiger partial charge on any atom is 0.245 e. The summed E-state index contributed by atoms with van der Waals surface area (Å²) in [6.45, 7) is 8.04. The minimum Gasteiger partial charge on any atom is -0.545 e. The van der Waals surface area contributed by atoms with Crippen molar-refractivity contribution in [3.05, 3.63) is 129 Å². The van der Waals surface area contributed by atoms with Gasteiger partial charge in [-0.25, -0.2) is 22.7 Å². The van der Waals surface area contributed by atoms with Gasteiger partial charge in [0.2, 0.25) is 11.8 Å². The molecule has 4 aliphatic rings. The first-order chi connectivity index (χ1) is 27.9. The van der Waals surface area contributed by atoms with E-state index in [1.807, 2.05) is 24.3 Å². The number of aryl methyl sites for hydroxylation is 1. The Bertz CT molecular complexity index is 2710. The van der Waals surface area contributed by atoms with Crippen molar-refractivity contribution < 1.29 is 37.2 Å². The van der Waals surface area contributed by atoms with Crippen LogP contribution in [-0.4, -0.2) is 76.2 Å². The molecule has 0 unspecified atom stereocenters. The number of allylic oxidation sites excluding steroid dienone is 5.